The van der Waals surface area contributed by atoms with Gasteiger partial charge in [-0.15, -0.1) is 11.3 Å². The average molecular weight is 1040 g/mol. The fraction of sp³-hybridized carbons (Fsp3) is 0.519. The third kappa shape index (κ3) is 9.82. The van der Waals surface area contributed by atoms with Gasteiger partial charge in [-0.05, 0) is 94.5 Å². The Morgan fingerprint density at radius 2 is 1.58 bits per heavy atom. The van der Waals surface area contributed by atoms with Crippen LogP contribution in [0, 0.1) is 17.7 Å². The fourth-order valence-corrected chi connectivity index (χ4v) is 12.2. The Morgan fingerprint density at radius 1 is 0.905 bits per heavy atom. The maximum Gasteiger partial charge on any atom is 0.407 e. The Balaban J connectivity index is 0.959. The van der Waals surface area contributed by atoms with Gasteiger partial charge >= 0.3 is 6.09 Å². The summed E-state index contributed by atoms with van der Waals surface area (Å²) in [4.78, 5) is 66.3. The van der Waals surface area contributed by atoms with Gasteiger partial charge in [-0.3, -0.25) is 19.5 Å². The molecule has 2 aromatic carbocycles. The Hall–Kier alpha value is -6.19. The molecule has 8 heterocycles. The number of nitrogens with zero attached hydrogens (tertiary/aromatic N) is 6. The van der Waals surface area contributed by atoms with Gasteiger partial charge in [-0.25, -0.2) is 24.1 Å². The summed E-state index contributed by atoms with van der Waals surface area (Å²) in [7, 11) is 2.67. The summed E-state index contributed by atoms with van der Waals surface area (Å²) < 4.78 is 41.9. The number of H-pyrrole nitrogens is 2. The lowest BCUT2D eigenvalue weighted by Gasteiger charge is -2.40. The number of imidazole rings is 2. The highest BCUT2D eigenvalue weighted by atomic mass is 32.1. The summed E-state index contributed by atoms with van der Waals surface area (Å²) in [5.74, 6) is 0.532. The predicted octanol–water partition coefficient (Wildman–Crippen LogP) is 8.71. The molecule has 0 bridgehead atoms. The molecule has 74 heavy (non-hydrogen) atoms. The van der Waals surface area contributed by atoms with Crippen LogP contribution < -0.4 is 15.4 Å². The summed E-state index contributed by atoms with van der Waals surface area (Å²) in [6.07, 6.45) is 6.91. The van der Waals surface area contributed by atoms with Crippen molar-refractivity contribution in [3.63, 3.8) is 0 Å². The molecule has 0 aliphatic carbocycles. The number of aromatic nitrogens is 6. The van der Waals surface area contributed by atoms with Crippen molar-refractivity contribution >= 4 is 40.1 Å². The van der Waals surface area contributed by atoms with Crippen molar-refractivity contribution in [3.8, 4) is 39.5 Å². The van der Waals surface area contributed by atoms with Crippen molar-refractivity contribution < 1.29 is 42.8 Å². The molecule has 6 aromatic rings. The van der Waals surface area contributed by atoms with Crippen molar-refractivity contribution in [2.75, 3.05) is 33.9 Å². The molecule has 394 valence electrons. The maximum atomic E-state index is 17.0. The fourth-order valence-electron chi connectivity index (χ4n) is 11.2. The molecule has 4 unspecified atom stereocenters. The van der Waals surface area contributed by atoms with Gasteiger partial charge in [0.2, 0.25) is 24.5 Å². The number of benzene rings is 2. The zero-order valence-electron chi connectivity index (χ0n) is 43.5. The van der Waals surface area contributed by atoms with E-state index < -0.39 is 42.2 Å². The van der Waals surface area contributed by atoms with Gasteiger partial charge in [0.25, 0.3) is 0 Å². The highest BCUT2D eigenvalue weighted by molar-refractivity contribution is 7.11. The Labute approximate surface area is 433 Å². The highest BCUT2D eigenvalue weighted by Gasteiger charge is 2.43. The van der Waals surface area contributed by atoms with Crippen molar-refractivity contribution in [3.05, 3.63) is 82.3 Å². The minimum Gasteiger partial charge on any atom is -0.464 e. The van der Waals surface area contributed by atoms with E-state index in [0.717, 1.165) is 51.3 Å². The number of likely N-dealkylation sites (tertiary alicyclic amines) is 2. The molecule has 3 amide bonds. The van der Waals surface area contributed by atoms with Gasteiger partial charge in [0.1, 0.15) is 29.3 Å². The van der Waals surface area contributed by atoms with Crippen molar-refractivity contribution in [1.82, 2.24) is 49.9 Å². The van der Waals surface area contributed by atoms with Crippen LogP contribution in [0.2, 0.25) is 0 Å². The SMILES string of the molecule is COC(=O)N[C@H](C(=O)N1CCC[C@H]1c1ncc(-c2cc(F)c3c(c2)OC(c2cnc(C(C)(C)C)s2)n2c-3cc3cc(-c4cnc([C@@H]5CCCN5C(=O)C(NC(O)OC)C5CCOC(C)(C)C5)[nH]4)ccc32)[nH]1)C(C)C. The number of aliphatic hydroxyl groups is 1. The molecule has 0 saturated carbocycles. The molecule has 5 N–H and O–H groups in total. The number of carbonyl (C=O) groups excluding carboxylic acids is 3. The first-order valence-electron chi connectivity index (χ1n) is 25.6. The van der Waals surface area contributed by atoms with E-state index in [0.29, 0.717) is 78.9 Å². The third-order valence-electron chi connectivity index (χ3n) is 15.0. The Kier molecular flexibility index (Phi) is 14.0. The number of fused-ring (bicyclic) bond motifs is 5. The lowest BCUT2D eigenvalue weighted by Crippen LogP contribution is -2.56. The van der Waals surface area contributed by atoms with Gasteiger partial charge < -0.3 is 49.1 Å². The van der Waals surface area contributed by atoms with Crippen LogP contribution in [0.4, 0.5) is 9.18 Å². The van der Waals surface area contributed by atoms with Gasteiger partial charge in [-0.1, -0.05) is 40.7 Å². The summed E-state index contributed by atoms with van der Waals surface area (Å²) in [6.45, 7) is 15.7. The van der Waals surface area contributed by atoms with Gasteiger partial charge in [0.05, 0.1) is 81.3 Å². The largest absolute Gasteiger partial charge is 0.464 e. The van der Waals surface area contributed by atoms with E-state index in [1.54, 1.807) is 28.6 Å². The summed E-state index contributed by atoms with van der Waals surface area (Å²) in [5.41, 5.74) is 3.90. The number of nitrogens with one attached hydrogen (secondary N) is 4. The molecular formula is C54H67FN10O8S. The van der Waals surface area contributed by atoms with E-state index >= 15 is 4.39 Å². The number of hydrogen-bond acceptors (Lipinski definition) is 13. The lowest BCUT2D eigenvalue weighted by molar-refractivity contribution is -0.151. The number of ether oxygens (including phenoxy) is 4. The van der Waals surface area contributed by atoms with Gasteiger partial charge in [0.15, 0.2) is 0 Å². The standard InChI is InChI=1S/C54H67FN10O8S/c1-28(2)43(61-51(68)70-8)47(66)63-17-10-12-37(63)46-57-26-35(60-46)31-21-33(55)42-39-22-32-20-29(14-15-36(32)65(39)49(73-40(42)23-31)41-27-58-50(74-41)53(3,4)5)34-25-56-45(59-34)38-13-11-18-64(38)48(67)44(62-52(69)71-9)30-16-19-72-54(6,7)24-30/h14-15,20-23,25-28,30,37-38,43-44,49,52,62,69H,10-13,16-19,24H2,1-9H3,(H,56,59)(H,57,60)(H,61,68)/t30?,37-,38-,43-,44?,49?,52?/m0/s1. The summed E-state index contributed by atoms with van der Waals surface area (Å²) >= 11 is 1.56. The number of thiazole rings is 1. The molecule has 20 heteroatoms. The number of aromatic amines is 2. The second-order valence-corrected chi connectivity index (χ2v) is 23.0. The summed E-state index contributed by atoms with van der Waals surface area (Å²) in [6, 6.07) is 9.27. The Bertz CT molecular complexity index is 3060. The first-order valence-corrected chi connectivity index (χ1v) is 26.4. The molecular weight excluding hydrogens is 968 g/mol. The van der Waals surface area contributed by atoms with Crippen LogP contribution in [0.15, 0.2) is 55.0 Å². The average Bonchev–Trinajstić information content (AvgIpc) is 4.23. The molecule has 0 spiro atoms. The molecule has 0 radical (unpaired) electrons. The third-order valence-corrected chi connectivity index (χ3v) is 16.4. The van der Waals surface area contributed by atoms with E-state index in [1.165, 1.54) is 20.3 Å². The van der Waals surface area contributed by atoms with Crippen molar-refractivity contribution in [2.45, 2.75) is 135 Å². The van der Waals surface area contributed by atoms with E-state index in [4.69, 9.17) is 33.9 Å². The van der Waals surface area contributed by atoms with Crippen molar-refractivity contribution in [2.24, 2.45) is 11.8 Å². The van der Waals surface area contributed by atoms with E-state index in [2.05, 4.69) is 47.4 Å². The van der Waals surface area contributed by atoms with Crippen LogP contribution in [0.1, 0.15) is 127 Å². The number of aliphatic hydroxyl groups excluding tert-OH is 1. The van der Waals surface area contributed by atoms with Crippen LogP contribution in [0.25, 0.3) is 44.7 Å². The first kappa shape index (κ1) is 51.3. The quantitative estimate of drug-likeness (QED) is 0.0687. The number of rotatable bonds is 13. The van der Waals surface area contributed by atoms with Crippen LogP contribution in [0.5, 0.6) is 5.75 Å². The maximum absolute atomic E-state index is 17.0. The number of hydrogen-bond donors (Lipinski definition) is 5. The summed E-state index contributed by atoms with van der Waals surface area (Å²) in [5, 5.41) is 18.1. The molecule has 10 rings (SSSR count). The number of halogens is 1. The van der Waals surface area contributed by atoms with Crippen LogP contribution in [-0.4, -0.2) is 120 Å². The molecule has 3 saturated heterocycles. The predicted molar refractivity (Wildman–Crippen MR) is 276 cm³/mol. The Morgan fingerprint density at radius 3 is 2.20 bits per heavy atom. The molecule has 3 fully saturated rings. The second-order valence-electron chi connectivity index (χ2n) is 22.0. The molecule has 4 aliphatic rings. The normalized spacial score (nSPS) is 21.8. The monoisotopic (exact) mass is 1030 g/mol. The number of alkyl carbamates (subject to hydrolysis) is 1. The highest BCUT2D eigenvalue weighted by Crippen LogP contribution is 2.49. The van der Waals surface area contributed by atoms with E-state index in [1.807, 2.05) is 67.6 Å². The van der Waals surface area contributed by atoms with Crippen LogP contribution in [0.3, 0.4) is 0 Å². The molecule has 7 atom stereocenters. The van der Waals surface area contributed by atoms with Gasteiger partial charge in [0, 0.05) is 54.9 Å². The lowest BCUT2D eigenvalue weighted by atomic mass is 9.82. The topological polar surface area (TPSA) is 214 Å². The zero-order valence-corrected chi connectivity index (χ0v) is 44.3. The zero-order chi connectivity index (χ0) is 52.4. The smallest absolute Gasteiger partial charge is 0.407 e. The van der Waals surface area contributed by atoms with Crippen LogP contribution >= 0.6 is 11.3 Å². The minimum atomic E-state index is -1.30. The number of carbonyl (C=O) groups is 3. The van der Waals surface area contributed by atoms with E-state index in [9.17, 15) is 19.5 Å². The molecule has 18 nitrogen and oxygen atoms in total. The second kappa shape index (κ2) is 20.2. The molecule has 4 aromatic heterocycles. The number of methoxy groups -OCH3 is 2. The van der Waals surface area contributed by atoms with Crippen molar-refractivity contribution in [1.29, 1.82) is 0 Å². The minimum absolute atomic E-state index is 0.0744. The van der Waals surface area contributed by atoms with Gasteiger partial charge in [-0.2, -0.15) is 0 Å². The van der Waals surface area contributed by atoms with E-state index in [-0.39, 0.29) is 41.1 Å². The number of amides is 3. The molecule has 4 aliphatic heterocycles. The van der Waals surface area contributed by atoms with Crippen LogP contribution in [-0.2, 0) is 29.2 Å². The first-order chi connectivity index (χ1) is 35.3.